The number of anilines is 4. The molecule has 0 unspecified atom stereocenters. The van der Waals surface area contributed by atoms with Gasteiger partial charge in [0.05, 0.1) is 11.1 Å². The average Bonchev–Trinajstić information content (AvgIpc) is 2.85. The lowest BCUT2D eigenvalue weighted by Gasteiger charge is -2.23. The number of hydrogen-bond donors (Lipinski definition) is 2. The number of halogens is 1. The number of nitro groups is 1. The summed E-state index contributed by atoms with van der Waals surface area (Å²) in [5.74, 6) is 1.13. The Labute approximate surface area is 209 Å². The number of rotatable bonds is 13. The van der Waals surface area contributed by atoms with Crippen LogP contribution in [0.1, 0.15) is 45.1 Å². The summed E-state index contributed by atoms with van der Waals surface area (Å²) in [5, 5.41) is 19.0. The molecule has 3 rings (SSSR count). The number of nitrogens with zero attached hydrogens (tertiary/aromatic N) is 6. The summed E-state index contributed by atoms with van der Waals surface area (Å²) in [6.45, 7) is 5.94. The number of hydrazone groups is 1. The van der Waals surface area contributed by atoms with Gasteiger partial charge in [0.25, 0.3) is 5.69 Å². The number of nitro benzene ring substituents is 1. The molecule has 0 bridgehead atoms. The molecule has 0 fully saturated rings. The van der Waals surface area contributed by atoms with E-state index >= 15 is 0 Å². The number of hydrogen-bond acceptors (Lipinski definition) is 9. The van der Waals surface area contributed by atoms with E-state index in [0.29, 0.717) is 22.6 Å². The first-order valence-electron chi connectivity index (χ1n) is 11.6. The first-order chi connectivity index (χ1) is 17.0. The van der Waals surface area contributed by atoms with E-state index in [1.54, 1.807) is 30.5 Å². The van der Waals surface area contributed by atoms with E-state index in [0.717, 1.165) is 44.3 Å². The molecule has 0 radical (unpaired) electrons. The lowest BCUT2D eigenvalue weighted by atomic mass is 10.2. The van der Waals surface area contributed by atoms with Gasteiger partial charge in [0, 0.05) is 35.9 Å². The van der Waals surface area contributed by atoms with Crippen molar-refractivity contribution >= 4 is 47.0 Å². The molecular formula is C24H29ClN8O2. The molecule has 184 valence electrons. The molecule has 0 aliphatic heterocycles. The van der Waals surface area contributed by atoms with Crippen molar-refractivity contribution in [1.29, 1.82) is 0 Å². The molecule has 0 aliphatic carbocycles. The van der Waals surface area contributed by atoms with Gasteiger partial charge in [-0.3, -0.25) is 10.1 Å². The molecule has 2 aromatic carbocycles. The average molecular weight is 497 g/mol. The van der Waals surface area contributed by atoms with Gasteiger partial charge in [0.2, 0.25) is 17.8 Å². The number of aromatic nitrogens is 3. The van der Waals surface area contributed by atoms with Gasteiger partial charge in [0.15, 0.2) is 0 Å². The summed E-state index contributed by atoms with van der Waals surface area (Å²) in [6.07, 6.45) is 5.78. The van der Waals surface area contributed by atoms with Crippen LogP contribution in [0.2, 0.25) is 5.02 Å². The van der Waals surface area contributed by atoms with Crippen LogP contribution in [0.5, 0.6) is 0 Å². The first-order valence-corrected chi connectivity index (χ1v) is 11.9. The van der Waals surface area contributed by atoms with Crippen LogP contribution in [0.4, 0.5) is 29.2 Å². The number of nitrogens with one attached hydrogen (secondary N) is 2. The minimum atomic E-state index is -0.440. The highest BCUT2D eigenvalue weighted by atomic mass is 35.5. The maximum absolute atomic E-state index is 10.9. The van der Waals surface area contributed by atoms with Crippen LogP contribution in [-0.4, -0.2) is 39.2 Å². The monoisotopic (exact) mass is 496 g/mol. The molecule has 1 aromatic heterocycles. The first kappa shape index (κ1) is 25.8. The van der Waals surface area contributed by atoms with Crippen LogP contribution < -0.4 is 15.6 Å². The minimum absolute atomic E-state index is 0.0103. The van der Waals surface area contributed by atoms with Crippen molar-refractivity contribution in [3.8, 4) is 0 Å². The van der Waals surface area contributed by atoms with E-state index in [1.165, 1.54) is 12.1 Å². The van der Waals surface area contributed by atoms with E-state index in [9.17, 15) is 10.1 Å². The molecule has 0 spiro atoms. The highest BCUT2D eigenvalue weighted by Gasteiger charge is 2.14. The quantitative estimate of drug-likeness (QED) is 0.167. The maximum atomic E-state index is 10.9. The van der Waals surface area contributed by atoms with E-state index in [4.69, 9.17) is 11.6 Å². The van der Waals surface area contributed by atoms with Crippen molar-refractivity contribution in [2.24, 2.45) is 5.10 Å². The van der Waals surface area contributed by atoms with E-state index < -0.39 is 4.92 Å². The Balaban J connectivity index is 1.87. The third-order valence-corrected chi connectivity index (χ3v) is 5.30. The molecule has 0 atom stereocenters. The summed E-state index contributed by atoms with van der Waals surface area (Å²) >= 11 is 5.94. The van der Waals surface area contributed by atoms with E-state index in [1.807, 2.05) is 12.1 Å². The number of unbranched alkanes of at least 4 members (excludes halogenated alkanes) is 2. The van der Waals surface area contributed by atoms with E-state index in [-0.39, 0.29) is 11.6 Å². The Morgan fingerprint density at radius 1 is 0.971 bits per heavy atom. The second kappa shape index (κ2) is 13.2. The van der Waals surface area contributed by atoms with Crippen molar-refractivity contribution in [3.63, 3.8) is 0 Å². The fourth-order valence-electron chi connectivity index (χ4n) is 3.13. The third kappa shape index (κ3) is 8.18. The lowest BCUT2D eigenvalue weighted by Crippen LogP contribution is -2.28. The van der Waals surface area contributed by atoms with Crippen LogP contribution in [0, 0.1) is 10.1 Å². The van der Waals surface area contributed by atoms with Gasteiger partial charge in [-0.15, -0.1) is 0 Å². The Bertz CT molecular complexity index is 1120. The zero-order valence-corrected chi connectivity index (χ0v) is 20.6. The van der Waals surface area contributed by atoms with Crippen LogP contribution in [0.15, 0.2) is 53.6 Å². The Kier molecular flexibility index (Phi) is 9.73. The van der Waals surface area contributed by atoms with Gasteiger partial charge in [-0.25, -0.2) is 5.43 Å². The highest BCUT2D eigenvalue weighted by molar-refractivity contribution is 6.30. The third-order valence-electron chi connectivity index (χ3n) is 5.05. The summed E-state index contributed by atoms with van der Waals surface area (Å²) in [4.78, 5) is 26.3. The largest absolute Gasteiger partial charge is 0.341 e. The zero-order chi connectivity index (χ0) is 25.0. The van der Waals surface area contributed by atoms with Crippen molar-refractivity contribution in [2.45, 2.75) is 39.5 Å². The maximum Gasteiger partial charge on any atom is 0.269 e. The predicted octanol–water partition coefficient (Wildman–Crippen LogP) is 6.03. The number of non-ortho nitro benzene ring substituents is 1. The molecule has 11 heteroatoms. The molecule has 2 N–H and O–H groups in total. The van der Waals surface area contributed by atoms with Crippen LogP contribution in [0.25, 0.3) is 0 Å². The molecule has 0 saturated carbocycles. The Hall–Kier alpha value is -3.79. The topological polar surface area (TPSA) is 121 Å². The van der Waals surface area contributed by atoms with Crippen molar-refractivity contribution in [1.82, 2.24) is 15.0 Å². The van der Waals surface area contributed by atoms with Gasteiger partial charge < -0.3 is 10.2 Å². The molecule has 0 saturated heterocycles. The lowest BCUT2D eigenvalue weighted by molar-refractivity contribution is -0.384. The molecular weight excluding hydrogens is 468 g/mol. The summed E-state index contributed by atoms with van der Waals surface area (Å²) in [6, 6.07) is 13.4. The SMILES string of the molecule is CCCCN(CCCC)c1nc(N/N=C\c2ccc(Cl)cc2)nc(Nc2ccc([N+](=O)[O-])cc2)n1. The van der Waals surface area contributed by atoms with Crippen molar-refractivity contribution in [2.75, 3.05) is 28.7 Å². The summed E-state index contributed by atoms with van der Waals surface area (Å²) in [7, 11) is 0. The molecule has 1 heterocycles. The van der Waals surface area contributed by atoms with E-state index in [2.05, 4.69) is 49.5 Å². The highest BCUT2D eigenvalue weighted by Crippen LogP contribution is 2.21. The molecule has 10 nitrogen and oxygen atoms in total. The van der Waals surface area contributed by atoms with Gasteiger partial charge in [0.1, 0.15) is 0 Å². The normalized spacial score (nSPS) is 10.9. The molecule has 3 aromatic rings. The second-order valence-corrected chi connectivity index (χ2v) is 8.26. The van der Waals surface area contributed by atoms with Gasteiger partial charge in [-0.1, -0.05) is 50.4 Å². The van der Waals surface area contributed by atoms with Crippen LogP contribution in [0.3, 0.4) is 0 Å². The smallest absolute Gasteiger partial charge is 0.269 e. The Morgan fingerprint density at radius 2 is 1.60 bits per heavy atom. The van der Waals surface area contributed by atoms with Gasteiger partial charge >= 0.3 is 0 Å². The fourth-order valence-corrected chi connectivity index (χ4v) is 3.26. The summed E-state index contributed by atoms with van der Waals surface area (Å²) in [5.41, 5.74) is 4.38. The predicted molar refractivity (Wildman–Crippen MR) is 141 cm³/mol. The Morgan fingerprint density at radius 3 is 2.20 bits per heavy atom. The molecule has 35 heavy (non-hydrogen) atoms. The minimum Gasteiger partial charge on any atom is -0.341 e. The van der Waals surface area contributed by atoms with Gasteiger partial charge in [-0.2, -0.15) is 20.1 Å². The van der Waals surface area contributed by atoms with Crippen LogP contribution in [-0.2, 0) is 0 Å². The summed E-state index contributed by atoms with van der Waals surface area (Å²) < 4.78 is 0. The molecule has 0 amide bonds. The second-order valence-electron chi connectivity index (χ2n) is 7.83. The standard InChI is InChI=1S/C24H29ClN8O2/c1-3-5-15-32(16-6-4-2)24-29-22(27-20-11-13-21(14-12-20)33(34)35)28-23(30-24)31-26-17-18-7-9-19(25)10-8-18/h7-14,17H,3-6,15-16H2,1-2H3,(H2,27,28,29,30,31)/b26-17-. The van der Waals surface area contributed by atoms with Crippen LogP contribution >= 0.6 is 11.6 Å². The van der Waals surface area contributed by atoms with Crippen molar-refractivity contribution < 1.29 is 4.92 Å². The molecule has 0 aliphatic rings. The van der Waals surface area contributed by atoms with Crippen molar-refractivity contribution in [3.05, 3.63) is 69.2 Å². The zero-order valence-electron chi connectivity index (χ0n) is 19.8. The number of benzene rings is 2. The van der Waals surface area contributed by atoms with Gasteiger partial charge in [-0.05, 0) is 42.7 Å². The fraction of sp³-hybridized carbons (Fsp3) is 0.333.